The lowest BCUT2D eigenvalue weighted by Gasteiger charge is -2.40. The molecule has 0 bridgehead atoms. The zero-order valence-electron chi connectivity index (χ0n) is 11.7. The van der Waals surface area contributed by atoms with Gasteiger partial charge in [-0.25, -0.2) is 15.2 Å². The van der Waals surface area contributed by atoms with Crippen LogP contribution in [0.4, 0.5) is 0 Å². The van der Waals surface area contributed by atoms with E-state index in [0.29, 0.717) is 17.8 Å². The molecule has 0 saturated carbocycles. The van der Waals surface area contributed by atoms with Crippen LogP contribution in [-0.2, 0) is 0 Å². The monoisotopic (exact) mass is 266 g/mol. The van der Waals surface area contributed by atoms with E-state index in [1.165, 1.54) is 25.3 Å². The van der Waals surface area contributed by atoms with E-state index in [0.717, 1.165) is 0 Å². The summed E-state index contributed by atoms with van der Waals surface area (Å²) in [5.41, 5.74) is 3.43. The van der Waals surface area contributed by atoms with E-state index in [4.69, 9.17) is 9.52 Å². The maximum absolute atomic E-state index is 10.8. The van der Waals surface area contributed by atoms with Gasteiger partial charge in [-0.2, -0.15) is 0 Å². The first-order chi connectivity index (χ1) is 8.99. The first-order valence-electron chi connectivity index (χ1n) is 6.86. The van der Waals surface area contributed by atoms with Gasteiger partial charge in [0.25, 0.3) is 0 Å². The average molecular weight is 266 g/mol. The number of carboxylic acid groups (broad SMARTS) is 1. The van der Waals surface area contributed by atoms with Crippen molar-refractivity contribution in [2.75, 3.05) is 0 Å². The highest BCUT2D eigenvalue weighted by molar-refractivity contribution is 5.84. The van der Waals surface area contributed by atoms with Crippen LogP contribution < -0.4 is 5.43 Å². The van der Waals surface area contributed by atoms with Gasteiger partial charge in [-0.05, 0) is 45.7 Å². The zero-order chi connectivity index (χ0) is 14.0. The maximum atomic E-state index is 10.8. The van der Waals surface area contributed by atoms with Gasteiger partial charge in [-0.1, -0.05) is 6.42 Å². The van der Waals surface area contributed by atoms with E-state index in [9.17, 15) is 4.79 Å². The van der Waals surface area contributed by atoms with Crippen molar-refractivity contribution in [3.63, 3.8) is 0 Å². The van der Waals surface area contributed by atoms with Crippen LogP contribution in [0, 0.1) is 0 Å². The Kier molecular flexibility index (Phi) is 4.27. The summed E-state index contributed by atoms with van der Waals surface area (Å²) in [7, 11) is 0. The normalized spacial score (nSPS) is 26.3. The van der Waals surface area contributed by atoms with E-state index in [2.05, 4.69) is 24.3 Å². The van der Waals surface area contributed by atoms with Gasteiger partial charge in [-0.3, -0.25) is 0 Å². The third kappa shape index (κ3) is 3.16. The summed E-state index contributed by atoms with van der Waals surface area (Å²) in [6.45, 7) is 6.40. The van der Waals surface area contributed by atoms with Crippen LogP contribution >= 0.6 is 0 Å². The van der Waals surface area contributed by atoms with Crippen molar-refractivity contribution in [3.05, 3.63) is 23.7 Å². The molecule has 2 N–H and O–H groups in total. The van der Waals surface area contributed by atoms with Crippen molar-refractivity contribution in [2.24, 2.45) is 0 Å². The van der Waals surface area contributed by atoms with Crippen molar-refractivity contribution < 1.29 is 14.3 Å². The van der Waals surface area contributed by atoms with Gasteiger partial charge in [0.05, 0.1) is 6.04 Å². The molecule has 0 radical (unpaired) electrons. The molecular weight excluding hydrogens is 244 g/mol. The Hall–Kier alpha value is -1.33. The summed E-state index contributed by atoms with van der Waals surface area (Å²) in [5, 5.41) is 11.1. The molecule has 0 aliphatic carbocycles. The smallest absolute Gasteiger partial charge is 0.371 e. The molecule has 2 rings (SSSR count). The molecule has 106 valence electrons. The van der Waals surface area contributed by atoms with Crippen LogP contribution in [-0.4, -0.2) is 28.2 Å². The molecule has 19 heavy (non-hydrogen) atoms. The maximum Gasteiger partial charge on any atom is 0.371 e. The Morgan fingerprint density at radius 3 is 2.58 bits per heavy atom. The molecule has 2 heterocycles. The Balaban J connectivity index is 2.02. The minimum Gasteiger partial charge on any atom is -0.475 e. The van der Waals surface area contributed by atoms with Gasteiger partial charge < -0.3 is 9.52 Å². The molecular formula is C14H22N2O3. The number of piperidine rings is 1. The van der Waals surface area contributed by atoms with Gasteiger partial charge >= 0.3 is 5.97 Å². The quantitative estimate of drug-likeness (QED) is 0.877. The van der Waals surface area contributed by atoms with E-state index in [1.807, 2.05) is 6.92 Å². The number of hydrogen-bond acceptors (Lipinski definition) is 4. The first-order valence-corrected chi connectivity index (χ1v) is 6.86. The van der Waals surface area contributed by atoms with Crippen LogP contribution in [0.25, 0.3) is 0 Å². The van der Waals surface area contributed by atoms with Crippen LogP contribution in [0.5, 0.6) is 0 Å². The van der Waals surface area contributed by atoms with Crippen molar-refractivity contribution in [3.8, 4) is 0 Å². The van der Waals surface area contributed by atoms with Crippen LogP contribution in [0.3, 0.4) is 0 Å². The van der Waals surface area contributed by atoms with Gasteiger partial charge in [0.1, 0.15) is 5.76 Å². The minimum absolute atomic E-state index is 0.0107. The average Bonchev–Trinajstić information content (AvgIpc) is 2.83. The lowest BCUT2D eigenvalue weighted by atomic mass is 10.00. The molecule has 1 aliphatic heterocycles. The molecule has 5 heteroatoms. The third-order valence-electron chi connectivity index (χ3n) is 3.80. The molecule has 3 atom stereocenters. The first kappa shape index (κ1) is 14.1. The van der Waals surface area contributed by atoms with Gasteiger partial charge in [0.2, 0.25) is 5.76 Å². The fourth-order valence-electron chi connectivity index (χ4n) is 2.66. The number of aromatic carboxylic acids is 1. The van der Waals surface area contributed by atoms with Gasteiger partial charge in [0.15, 0.2) is 0 Å². The highest BCUT2D eigenvalue weighted by atomic mass is 16.4. The summed E-state index contributed by atoms with van der Waals surface area (Å²) in [5.74, 6) is -0.385. The fraction of sp³-hybridized carbons (Fsp3) is 0.643. The van der Waals surface area contributed by atoms with Crippen molar-refractivity contribution in [1.29, 1.82) is 0 Å². The predicted octanol–water partition coefficient (Wildman–Crippen LogP) is 2.81. The second-order valence-electron chi connectivity index (χ2n) is 5.39. The molecule has 1 saturated heterocycles. The summed E-state index contributed by atoms with van der Waals surface area (Å²) in [4.78, 5) is 10.8. The topological polar surface area (TPSA) is 65.7 Å². The number of hydrogen-bond donors (Lipinski definition) is 2. The number of nitrogens with one attached hydrogen (secondary N) is 1. The molecule has 1 aliphatic rings. The van der Waals surface area contributed by atoms with Crippen LogP contribution in [0.2, 0.25) is 0 Å². The van der Waals surface area contributed by atoms with E-state index >= 15 is 0 Å². The van der Waals surface area contributed by atoms with Crippen molar-refractivity contribution >= 4 is 5.97 Å². The van der Waals surface area contributed by atoms with Crippen LogP contribution in [0.15, 0.2) is 16.5 Å². The number of furan rings is 1. The second-order valence-corrected chi connectivity index (χ2v) is 5.39. The number of nitrogens with zero attached hydrogens (tertiary/aromatic N) is 1. The minimum atomic E-state index is -1.03. The molecule has 1 fully saturated rings. The van der Waals surface area contributed by atoms with Gasteiger partial charge in [0, 0.05) is 12.1 Å². The van der Waals surface area contributed by atoms with Gasteiger partial charge in [-0.15, -0.1) is 0 Å². The molecule has 1 aromatic rings. The predicted molar refractivity (Wildman–Crippen MR) is 71.8 cm³/mol. The molecule has 0 aromatic carbocycles. The van der Waals surface area contributed by atoms with E-state index in [-0.39, 0.29) is 11.8 Å². The molecule has 0 spiro atoms. The fourth-order valence-corrected chi connectivity index (χ4v) is 2.66. The van der Waals surface area contributed by atoms with E-state index < -0.39 is 5.97 Å². The largest absolute Gasteiger partial charge is 0.475 e. The summed E-state index contributed by atoms with van der Waals surface area (Å²) >= 11 is 0. The molecule has 0 amide bonds. The zero-order valence-corrected chi connectivity index (χ0v) is 11.7. The summed E-state index contributed by atoms with van der Waals surface area (Å²) in [6.07, 6.45) is 3.63. The highest BCUT2D eigenvalue weighted by Gasteiger charge is 2.26. The summed E-state index contributed by atoms with van der Waals surface area (Å²) < 4.78 is 5.33. The van der Waals surface area contributed by atoms with Crippen molar-refractivity contribution in [2.45, 2.75) is 58.2 Å². The lowest BCUT2D eigenvalue weighted by Crippen LogP contribution is -2.52. The number of rotatable bonds is 4. The van der Waals surface area contributed by atoms with Crippen molar-refractivity contribution in [1.82, 2.24) is 10.4 Å². The summed E-state index contributed by atoms with van der Waals surface area (Å²) in [6, 6.07) is 4.16. The number of hydrazine groups is 1. The molecule has 5 nitrogen and oxygen atoms in total. The number of carbonyl (C=O) groups is 1. The Bertz CT molecular complexity index is 434. The Labute approximate surface area is 113 Å². The molecule has 3 unspecified atom stereocenters. The Morgan fingerprint density at radius 1 is 1.42 bits per heavy atom. The van der Waals surface area contributed by atoms with E-state index in [1.54, 1.807) is 6.07 Å². The third-order valence-corrected chi connectivity index (χ3v) is 3.80. The lowest BCUT2D eigenvalue weighted by molar-refractivity contribution is 0.0282. The van der Waals surface area contributed by atoms with Crippen LogP contribution in [0.1, 0.15) is 62.4 Å². The molecule has 1 aromatic heterocycles. The highest BCUT2D eigenvalue weighted by Crippen LogP contribution is 2.24. The Morgan fingerprint density at radius 2 is 2.05 bits per heavy atom. The number of carboxylic acids is 1. The standard InChI is InChI=1S/C14H22N2O3/c1-9-5-4-6-10(2)16(9)15-11(3)12-7-8-13(19-12)14(17)18/h7-11,15H,4-6H2,1-3H3,(H,17,18). The second kappa shape index (κ2) is 5.75. The SMILES string of the molecule is CC(NN1C(C)CCCC1C)c1ccc(C(=O)O)o1.